The van der Waals surface area contributed by atoms with Gasteiger partial charge in [-0.05, 0) is 54.2 Å². The fraction of sp³-hybridized carbons (Fsp3) is 0.333. The van der Waals surface area contributed by atoms with Crippen LogP contribution < -0.4 is 5.32 Å². The Morgan fingerprint density at radius 3 is 2.31 bits per heavy atom. The Hall–Kier alpha value is -2.97. The average molecular weight is 454 g/mol. The van der Waals surface area contributed by atoms with Crippen LogP contribution in [0.2, 0.25) is 0 Å². The number of fused-ring (bicyclic) bond motifs is 1. The molecule has 0 spiro atoms. The van der Waals surface area contributed by atoms with E-state index < -0.39 is 10.0 Å². The minimum absolute atomic E-state index is 0.0263. The van der Waals surface area contributed by atoms with E-state index in [0.717, 1.165) is 12.0 Å². The quantitative estimate of drug-likeness (QED) is 0.619. The summed E-state index contributed by atoms with van der Waals surface area (Å²) < 4.78 is 27.4. The van der Waals surface area contributed by atoms with Gasteiger partial charge in [0.15, 0.2) is 0 Å². The van der Waals surface area contributed by atoms with E-state index >= 15 is 0 Å². The third-order valence-corrected chi connectivity index (χ3v) is 8.17. The van der Waals surface area contributed by atoms with Gasteiger partial charge in [0, 0.05) is 38.3 Å². The van der Waals surface area contributed by atoms with Gasteiger partial charge in [0.25, 0.3) is 5.91 Å². The van der Waals surface area contributed by atoms with Crippen molar-refractivity contribution < 1.29 is 18.0 Å². The first kappa shape index (κ1) is 22.2. The zero-order chi connectivity index (χ0) is 22.9. The standard InChI is InChI=1S/C24H27N3O4S/c1-3-22(28)25-23-20-15-27(16-21(20)23)32(30,31)19-11-9-18(10-12-19)24(29)26(2)14-13-17-7-5-4-6-8-17/h3-12,20-21,23H,1,13-16H2,2H3,(H,25,28). The molecule has 1 aliphatic carbocycles. The fourth-order valence-electron chi connectivity index (χ4n) is 4.30. The Morgan fingerprint density at radius 1 is 1.09 bits per heavy atom. The largest absolute Gasteiger partial charge is 0.349 e. The van der Waals surface area contributed by atoms with Crippen LogP contribution >= 0.6 is 0 Å². The number of hydrogen-bond donors (Lipinski definition) is 1. The molecule has 1 saturated heterocycles. The first-order valence-electron chi connectivity index (χ1n) is 10.6. The van der Waals surface area contributed by atoms with E-state index in [4.69, 9.17) is 0 Å². The molecule has 2 amide bonds. The second kappa shape index (κ2) is 8.88. The molecule has 0 aromatic heterocycles. The van der Waals surface area contributed by atoms with Gasteiger partial charge in [-0.25, -0.2) is 8.42 Å². The van der Waals surface area contributed by atoms with Gasteiger partial charge >= 0.3 is 0 Å². The number of hydrogen-bond acceptors (Lipinski definition) is 4. The molecule has 2 fully saturated rings. The van der Waals surface area contributed by atoms with E-state index in [2.05, 4.69) is 11.9 Å². The summed E-state index contributed by atoms with van der Waals surface area (Å²) in [6.07, 6.45) is 1.98. The van der Waals surface area contributed by atoms with Crippen molar-refractivity contribution in [3.8, 4) is 0 Å². The summed E-state index contributed by atoms with van der Waals surface area (Å²) in [4.78, 5) is 26.0. The number of carbonyl (C=O) groups is 2. The van der Waals surface area contributed by atoms with Crippen molar-refractivity contribution in [3.63, 3.8) is 0 Å². The number of carbonyl (C=O) groups excluding carboxylic acids is 2. The molecule has 2 aromatic rings. The third-order valence-electron chi connectivity index (χ3n) is 6.32. The number of likely N-dealkylation sites (N-methyl/N-ethyl adjacent to an activating group) is 1. The number of amides is 2. The van der Waals surface area contributed by atoms with Gasteiger partial charge in [-0.1, -0.05) is 36.9 Å². The smallest absolute Gasteiger partial charge is 0.253 e. The number of nitrogens with zero attached hydrogens (tertiary/aromatic N) is 2. The van der Waals surface area contributed by atoms with Crippen molar-refractivity contribution in [3.05, 3.63) is 78.4 Å². The minimum Gasteiger partial charge on any atom is -0.349 e. The summed E-state index contributed by atoms with van der Waals surface area (Å²) in [7, 11) is -1.89. The monoisotopic (exact) mass is 453 g/mol. The highest BCUT2D eigenvalue weighted by atomic mass is 32.2. The average Bonchev–Trinajstić information content (AvgIpc) is 3.23. The molecule has 2 aromatic carbocycles. The van der Waals surface area contributed by atoms with E-state index in [9.17, 15) is 18.0 Å². The molecule has 4 rings (SSSR count). The van der Waals surface area contributed by atoms with Crippen LogP contribution in [0.3, 0.4) is 0 Å². The molecule has 2 aliphatic rings. The molecule has 0 radical (unpaired) electrons. The molecule has 1 aliphatic heterocycles. The molecular weight excluding hydrogens is 426 g/mol. The summed E-state index contributed by atoms with van der Waals surface area (Å²) in [5.41, 5.74) is 1.61. The van der Waals surface area contributed by atoms with Gasteiger partial charge < -0.3 is 10.2 Å². The number of rotatable bonds is 8. The molecule has 0 bridgehead atoms. The molecule has 1 N–H and O–H groups in total. The van der Waals surface area contributed by atoms with E-state index in [1.54, 1.807) is 24.1 Å². The van der Waals surface area contributed by atoms with E-state index in [1.165, 1.54) is 22.5 Å². The second-order valence-electron chi connectivity index (χ2n) is 8.37. The molecule has 32 heavy (non-hydrogen) atoms. The van der Waals surface area contributed by atoms with Gasteiger partial charge in [0.2, 0.25) is 15.9 Å². The Bertz CT molecular complexity index is 1100. The van der Waals surface area contributed by atoms with Crippen molar-refractivity contribution in [2.24, 2.45) is 11.8 Å². The molecule has 2 atom stereocenters. The number of benzene rings is 2. The lowest BCUT2D eigenvalue weighted by Crippen LogP contribution is -2.37. The number of piperidine rings is 1. The first-order valence-corrected chi connectivity index (χ1v) is 12.1. The van der Waals surface area contributed by atoms with Gasteiger partial charge in [0.05, 0.1) is 4.90 Å². The number of sulfonamides is 1. The summed E-state index contributed by atoms with van der Waals surface area (Å²) >= 11 is 0. The Morgan fingerprint density at radius 2 is 1.72 bits per heavy atom. The van der Waals surface area contributed by atoms with Crippen molar-refractivity contribution in [2.45, 2.75) is 17.4 Å². The maximum atomic E-state index is 13.0. The maximum Gasteiger partial charge on any atom is 0.253 e. The van der Waals surface area contributed by atoms with Crippen LogP contribution in [0.25, 0.3) is 0 Å². The summed E-state index contributed by atoms with van der Waals surface area (Å²) in [5, 5.41) is 2.85. The highest BCUT2D eigenvalue weighted by Gasteiger charge is 2.58. The van der Waals surface area contributed by atoms with Crippen molar-refractivity contribution in [1.29, 1.82) is 0 Å². The predicted octanol–water partition coefficient (Wildman–Crippen LogP) is 1.92. The van der Waals surface area contributed by atoms with Crippen LogP contribution in [-0.4, -0.2) is 62.2 Å². The van der Waals surface area contributed by atoms with Crippen molar-refractivity contribution in [1.82, 2.24) is 14.5 Å². The lowest BCUT2D eigenvalue weighted by molar-refractivity contribution is -0.116. The van der Waals surface area contributed by atoms with Crippen LogP contribution in [0.4, 0.5) is 0 Å². The Balaban J connectivity index is 1.34. The molecular formula is C24H27N3O4S. The van der Waals surface area contributed by atoms with E-state index in [0.29, 0.717) is 25.2 Å². The number of nitrogens with one attached hydrogen (secondary N) is 1. The Labute approximate surface area is 188 Å². The SMILES string of the molecule is C=CC(=O)NC1C2CN(S(=O)(=O)c3ccc(C(=O)N(C)CCc4ccccc4)cc3)CC21. The van der Waals surface area contributed by atoms with Gasteiger partial charge in [-0.3, -0.25) is 9.59 Å². The summed E-state index contributed by atoms with van der Waals surface area (Å²) in [5.74, 6) is -0.0820. The predicted molar refractivity (Wildman–Crippen MR) is 121 cm³/mol. The van der Waals surface area contributed by atoms with Crippen molar-refractivity contribution >= 4 is 21.8 Å². The molecule has 168 valence electrons. The molecule has 7 nitrogen and oxygen atoms in total. The zero-order valence-corrected chi connectivity index (χ0v) is 18.8. The van der Waals surface area contributed by atoms with E-state index in [1.807, 2.05) is 30.3 Å². The summed E-state index contributed by atoms with van der Waals surface area (Å²) in [6, 6.07) is 16.1. The minimum atomic E-state index is -3.63. The van der Waals surface area contributed by atoms with Crippen LogP contribution in [0.15, 0.2) is 72.1 Å². The van der Waals surface area contributed by atoms with Gasteiger partial charge in [0.1, 0.15) is 0 Å². The Kier molecular flexibility index (Phi) is 6.17. The first-order chi connectivity index (χ1) is 15.3. The molecule has 1 heterocycles. The second-order valence-corrected chi connectivity index (χ2v) is 10.3. The maximum absolute atomic E-state index is 13.0. The molecule has 1 saturated carbocycles. The van der Waals surface area contributed by atoms with Crippen molar-refractivity contribution in [2.75, 3.05) is 26.7 Å². The normalized spacial score (nSPS) is 22.1. The highest BCUT2D eigenvalue weighted by Crippen LogP contribution is 2.47. The topological polar surface area (TPSA) is 86.8 Å². The van der Waals surface area contributed by atoms with Crippen LogP contribution in [0.1, 0.15) is 15.9 Å². The fourth-order valence-corrected chi connectivity index (χ4v) is 5.82. The van der Waals surface area contributed by atoms with Gasteiger partial charge in [-0.15, -0.1) is 0 Å². The lowest BCUT2D eigenvalue weighted by atomic mass is 10.1. The highest BCUT2D eigenvalue weighted by molar-refractivity contribution is 7.89. The lowest BCUT2D eigenvalue weighted by Gasteiger charge is -2.20. The van der Waals surface area contributed by atoms with Crippen LogP contribution in [0, 0.1) is 11.8 Å². The van der Waals surface area contributed by atoms with Gasteiger partial charge in [-0.2, -0.15) is 4.31 Å². The van der Waals surface area contributed by atoms with Crippen LogP contribution in [-0.2, 0) is 21.2 Å². The summed E-state index contributed by atoms with van der Waals surface area (Å²) in [6.45, 7) is 4.78. The molecule has 2 unspecified atom stereocenters. The zero-order valence-electron chi connectivity index (χ0n) is 18.0. The van der Waals surface area contributed by atoms with E-state index in [-0.39, 0.29) is 34.6 Å². The third kappa shape index (κ3) is 4.47. The molecule has 8 heteroatoms. The van der Waals surface area contributed by atoms with Crippen LogP contribution in [0.5, 0.6) is 0 Å².